The normalized spacial score (nSPS) is 19.7. The molecule has 1 fully saturated rings. The third-order valence-corrected chi connectivity index (χ3v) is 8.16. The summed E-state index contributed by atoms with van der Waals surface area (Å²) in [5.41, 5.74) is 2.89. The number of carbonyl (C=O) groups excluding carboxylic acids is 1. The van der Waals surface area contributed by atoms with Crippen LogP contribution in [0, 0.1) is 10.8 Å². The van der Waals surface area contributed by atoms with Gasteiger partial charge in [-0.05, 0) is 55.0 Å². The van der Waals surface area contributed by atoms with Gasteiger partial charge in [-0.25, -0.2) is 4.79 Å². The number of hydrogen-bond donors (Lipinski definition) is 5. The number of allylic oxidation sites excluding steroid dienone is 1. The van der Waals surface area contributed by atoms with Gasteiger partial charge in [0.1, 0.15) is 23.5 Å². The number of urea groups is 1. The standard InChI is InChI=1S/C32H43N7O3/c1-32(2,3)27(33)19-28(34-17-18-40)36-31(41)35-25-14-15-26(24-12-8-7-11-23(24)25)42-22-13-16-29-37-38-30(39(29)20-22)21-9-5-4-6-10-21/h7-8,11-13,16,19-21,25-26,33-34,40H,4-6,9-10,14-15,17-18H2,1-3H3,(H2,35,36,41)/b28-19+,33-27?/t25-,26+/m0/s1. The second kappa shape index (κ2) is 12.9. The number of nitrogens with zero attached hydrogens (tertiary/aromatic N) is 3. The van der Waals surface area contributed by atoms with Crippen molar-refractivity contribution >= 4 is 17.4 Å². The second-order valence-electron chi connectivity index (χ2n) is 12.3. The highest BCUT2D eigenvalue weighted by Gasteiger charge is 2.30. The molecule has 42 heavy (non-hydrogen) atoms. The fraction of sp³-hybridized carbons (Fsp3) is 0.500. The Kier molecular flexibility index (Phi) is 9.11. The number of amides is 2. The van der Waals surface area contributed by atoms with Crippen LogP contribution >= 0.6 is 0 Å². The van der Waals surface area contributed by atoms with Crippen LogP contribution in [0.4, 0.5) is 4.79 Å². The van der Waals surface area contributed by atoms with Gasteiger partial charge in [0, 0.05) is 23.6 Å². The van der Waals surface area contributed by atoms with E-state index >= 15 is 0 Å². The Morgan fingerprint density at radius 1 is 1.07 bits per heavy atom. The highest BCUT2D eigenvalue weighted by atomic mass is 16.5. The summed E-state index contributed by atoms with van der Waals surface area (Å²) in [5, 5.41) is 35.5. The van der Waals surface area contributed by atoms with Gasteiger partial charge in [0.2, 0.25) is 0 Å². The minimum atomic E-state index is -0.377. The zero-order valence-electron chi connectivity index (χ0n) is 24.8. The molecule has 0 saturated heterocycles. The van der Waals surface area contributed by atoms with Gasteiger partial charge in [-0.3, -0.25) is 9.72 Å². The molecule has 0 aliphatic heterocycles. The van der Waals surface area contributed by atoms with Crippen LogP contribution in [0.1, 0.15) is 101 Å². The predicted octanol–water partition coefficient (Wildman–Crippen LogP) is 5.52. The Balaban J connectivity index is 1.29. The lowest BCUT2D eigenvalue weighted by molar-refractivity contribution is 0.171. The van der Waals surface area contributed by atoms with Crippen LogP contribution < -0.4 is 20.7 Å². The van der Waals surface area contributed by atoms with Crippen LogP contribution in [0.3, 0.4) is 0 Å². The highest BCUT2D eigenvalue weighted by molar-refractivity contribution is 5.97. The molecule has 2 aromatic heterocycles. The average molecular weight is 574 g/mol. The van der Waals surface area contributed by atoms with Gasteiger partial charge in [0.25, 0.3) is 0 Å². The summed E-state index contributed by atoms with van der Waals surface area (Å²) in [4.78, 5) is 13.1. The maximum absolute atomic E-state index is 13.1. The molecule has 0 radical (unpaired) electrons. The Morgan fingerprint density at radius 2 is 1.83 bits per heavy atom. The number of aliphatic hydroxyl groups excluding tert-OH is 1. The van der Waals surface area contributed by atoms with E-state index in [9.17, 15) is 9.90 Å². The minimum absolute atomic E-state index is 0.0902. The van der Waals surface area contributed by atoms with Crippen molar-refractivity contribution in [1.29, 1.82) is 5.41 Å². The molecule has 5 rings (SSSR count). The van der Waals surface area contributed by atoms with E-state index in [-0.39, 0.29) is 36.7 Å². The van der Waals surface area contributed by atoms with Crippen LogP contribution in [-0.4, -0.2) is 44.6 Å². The first kappa shape index (κ1) is 29.6. The molecule has 3 aromatic rings. The van der Waals surface area contributed by atoms with Crippen molar-refractivity contribution in [2.45, 2.75) is 83.8 Å². The second-order valence-corrected chi connectivity index (χ2v) is 12.3. The van der Waals surface area contributed by atoms with Gasteiger partial charge in [-0.2, -0.15) is 0 Å². The number of carbonyl (C=O) groups is 1. The maximum atomic E-state index is 13.1. The van der Waals surface area contributed by atoms with Crippen molar-refractivity contribution < 1.29 is 14.6 Å². The summed E-state index contributed by atoms with van der Waals surface area (Å²) in [6.45, 7) is 5.98. The minimum Gasteiger partial charge on any atom is -0.484 e. The average Bonchev–Trinajstić information content (AvgIpc) is 3.40. The van der Waals surface area contributed by atoms with Gasteiger partial charge >= 0.3 is 6.03 Å². The summed E-state index contributed by atoms with van der Waals surface area (Å²) in [7, 11) is 0. The molecular weight excluding hydrogens is 530 g/mol. The maximum Gasteiger partial charge on any atom is 0.320 e. The molecule has 2 atom stereocenters. The van der Waals surface area contributed by atoms with Crippen LogP contribution in [-0.2, 0) is 0 Å². The first-order valence-electron chi connectivity index (χ1n) is 15.1. The molecule has 2 aliphatic rings. The zero-order valence-corrected chi connectivity index (χ0v) is 24.8. The number of benzene rings is 1. The Hall–Kier alpha value is -3.92. The molecule has 2 heterocycles. The summed E-state index contributed by atoms with van der Waals surface area (Å²) in [6.07, 6.45) is 11.0. The molecule has 2 aliphatic carbocycles. The van der Waals surface area contributed by atoms with Crippen LogP contribution in [0.5, 0.6) is 5.75 Å². The van der Waals surface area contributed by atoms with Gasteiger partial charge in [-0.15, -0.1) is 10.2 Å². The van der Waals surface area contributed by atoms with Gasteiger partial charge in [0.15, 0.2) is 5.65 Å². The molecule has 1 aromatic carbocycles. The number of aliphatic hydroxyl groups is 1. The smallest absolute Gasteiger partial charge is 0.320 e. The van der Waals surface area contributed by atoms with Crippen molar-refractivity contribution in [2.24, 2.45) is 5.41 Å². The Labute approximate surface area is 247 Å². The first-order valence-corrected chi connectivity index (χ1v) is 15.1. The predicted molar refractivity (Wildman–Crippen MR) is 163 cm³/mol. The number of fused-ring (bicyclic) bond motifs is 2. The number of rotatable bonds is 9. The molecule has 5 N–H and O–H groups in total. The van der Waals surface area contributed by atoms with E-state index in [0.29, 0.717) is 23.9 Å². The summed E-state index contributed by atoms with van der Waals surface area (Å²) in [5.74, 6) is 2.61. The van der Waals surface area contributed by atoms with Crippen molar-refractivity contribution in [3.63, 3.8) is 0 Å². The molecule has 224 valence electrons. The van der Waals surface area contributed by atoms with E-state index in [1.807, 2.05) is 57.3 Å². The van der Waals surface area contributed by atoms with Crippen LogP contribution in [0.25, 0.3) is 5.65 Å². The van der Waals surface area contributed by atoms with E-state index in [0.717, 1.165) is 47.6 Å². The molecule has 0 spiro atoms. The molecule has 0 bridgehead atoms. The lowest BCUT2D eigenvalue weighted by atomic mass is 9.85. The van der Waals surface area contributed by atoms with Crippen molar-refractivity contribution in [3.05, 3.63) is 71.4 Å². The monoisotopic (exact) mass is 573 g/mol. The molecule has 10 nitrogen and oxygen atoms in total. The van der Waals surface area contributed by atoms with E-state index < -0.39 is 0 Å². The Morgan fingerprint density at radius 3 is 2.57 bits per heavy atom. The topological polar surface area (TPSA) is 137 Å². The summed E-state index contributed by atoms with van der Waals surface area (Å²) >= 11 is 0. The number of ether oxygens (including phenoxy) is 1. The van der Waals surface area contributed by atoms with E-state index in [2.05, 4.69) is 36.6 Å². The lowest BCUT2D eigenvalue weighted by Crippen LogP contribution is -2.43. The van der Waals surface area contributed by atoms with Crippen LogP contribution in [0.2, 0.25) is 0 Å². The van der Waals surface area contributed by atoms with Crippen molar-refractivity contribution in [2.75, 3.05) is 13.2 Å². The van der Waals surface area contributed by atoms with E-state index in [1.54, 1.807) is 6.08 Å². The largest absolute Gasteiger partial charge is 0.484 e. The Bertz CT molecular complexity index is 1440. The van der Waals surface area contributed by atoms with Gasteiger partial charge in [-0.1, -0.05) is 64.3 Å². The van der Waals surface area contributed by atoms with E-state index in [1.165, 1.54) is 19.3 Å². The van der Waals surface area contributed by atoms with Gasteiger partial charge < -0.3 is 25.9 Å². The molecule has 2 amide bonds. The molecule has 0 unspecified atom stereocenters. The quantitative estimate of drug-likeness (QED) is 0.214. The molecule has 10 heteroatoms. The SMILES string of the molecule is CC(C)(C)C(=N)/C=C(\NCCO)NC(=O)N[C@H]1CC[C@@H](Oc2ccc3nnc(C4CCCCC4)n3c2)c2ccccc21. The number of nitrogens with one attached hydrogen (secondary N) is 4. The van der Waals surface area contributed by atoms with Crippen molar-refractivity contribution in [3.8, 4) is 5.75 Å². The van der Waals surface area contributed by atoms with Crippen molar-refractivity contribution in [1.82, 2.24) is 30.5 Å². The van der Waals surface area contributed by atoms with Gasteiger partial charge in [0.05, 0.1) is 18.8 Å². The molecule has 1 saturated carbocycles. The lowest BCUT2D eigenvalue weighted by Gasteiger charge is -2.32. The fourth-order valence-electron chi connectivity index (χ4n) is 5.78. The highest BCUT2D eigenvalue weighted by Crippen LogP contribution is 2.39. The number of aromatic nitrogens is 3. The summed E-state index contributed by atoms with van der Waals surface area (Å²) < 4.78 is 8.66. The third-order valence-electron chi connectivity index (χ3n) is 8.16. The number of hydrogen-bond acceptors (Lipinski definition) is 7. The molecular formula is C32H43N7O3. The zero-order chi connectivity index (χ0) is 29.7. The van der Waals surface area contributed by atoms with Crippen LogP contribution in [0.15, 0.2) is 54.5 Å². The fourth-order valence-corrected chi connectivity index (χ4v) is 5.78. The number of pyridine rings is 1. The van der Waals surface area contributed by atoms with E-state index in [4.69, 9.17) is 10.1 Å². The first-order chi connectivity index (χ1) is 20.2. The third kappa shape index (κ3) is 6.92. The summed E-state index contributed by atoms with van der Waals surface area (Å²) in [6, 6.07) is 11.4.